The Morgan fingerprint density at radius 1 is 1.00 bits per heavy atom. The number of ether oxygens (including phenoxy) is 2. The molecule has 0 radical (unpaired) electrons. The standard InChI is InChI=1S/C8H14O2S2/c1-3-9-8(7-11-5-1)10-4-2-6-12-8/h1-7H2. The molecule has 1 unspecified atom stereocenters. The van der Waals surface area contributed by atoms with Crippen molar-refractivity contribution in [3.8, 4) is 0 Å². The third kappa shape index (κ3) is 2.10. The van der Waals surface area contributed by atoms with Gasteiger partial charge in [0.05, 0.1) is 19.0 Å². The van der Waals surface area contributed by atoms with E-state index in [0.29, 0.717) is 0 Å². The first kappa shape index (κ1) is 9.19. The fourth-order valence-corrected chi connectivity index (χ4v) is 3.72. The Kier molecular flexibility index (Phi) is 3.23. The topological polar surface area (TPSA) is 18.5 Å². The van der Waals surface area contributed by atoms with Crippen molar-refractivity contribution in [1.82, 2.24) is 0 Å². The largest absolute Gasteiger partial charge is 0.341 e. The SMILES string of the molecule is C1COC2(CSC1)OCCCS2. The summed E-state index contributed by atoms with van der Waals surface area (Å²) in [5.41, 5.74) is 0. The zero-order valence-corrected chi connectivity index (χ0v) is 8.72. The lowest BCUT2D eigenvalue weighted by atomic mass is 10.5. The molecule has 2 fully saturated rings. The average Bonchev–Trinajstić information content (AvgIpc) is 2.33. The van der Waals surface area contributed by atoms with Gasteiger partial charge in [-0.3, -0.25) is 0 Å². The zero-order valence-electron chi connectivity index (χ0n) is 7.08. The van der Waals surface area contributed by atoms with Crippen LogP contribution in [0.15, 0.2) is 0 Å². The maximum absolute atomic E-state index is 5.75. The van der Waals surface area contributed by atoms with Gasteiger partial charge in [-0.25, -0.2) is 0 Å². The van der Waals surface area contributed by atoms with Crippen LogP contribution in [0, 0.1) is 0 Å². The second kappa shape index (κ2) is 4.22. The smallest absolute Gasteiger partial charge is 0.227 e. The Labute approximate surface area is 81.8 Å². The van der Waals surface area contributed by atoms with Gasteiger partial charge in [0.25, 0.3) is 0 Å². The summed E-state index contributed by atoms with van der Waals surface area (Å²) in [6, 6.07) is 0. The molecule has 12 heavy (non-hydrogen) atoms. The summed E-state index contributed by atoms with van der Waals surface area (Å²) in [4.78, 5) is 0. The molecule has 2 aliphatic rings. The Bertz CT molecular complexity index is 136. The van der Waals surface area contributed by atoms with Gasteiger partial charge in [0.2, 0.25) is 5.12 Å². The van der Waals surface area contributed by atoms with Crippen LogP contribution in [0.25, 0.3) is 0 Å². The predicted molar refractivity (Wildman–Crippen MR) is 53.7 cm³/mol. The van der Waals surface area contributed by atoms with E-state index >= 15 is 0 Å². The van der Waals surface area contributed by atoms with E-state index in [1.165, 1.54) is 17.9 Å². The third-order valence-electron chi connectivity index (χ3n) is 1.97. The average molecular weight is 206 g/mol. The van der Waals surface area contributed by atoms with Crippen LogP contribution < -0.4 is 0 Å². The van der Waals surface area contributed by atoms with E-state index in [-0.39, 0.29) is 5.12 Å². The Morgan fingerprint density at radius 3 is 2.50 bits per heavy atom. The monoisotopic (exact) mass is 206 g/mol. The number of rotatable bonds is 0. The van der Waals surface area contributed by atoms with Crippen LogP contribution in [0.2, 0.25) is 0 Å². The molecule has 1 atom stereocenters. The minimum absolute atomic E-state index is 0.278. The van der Waals surface area contributed by atoms with Gasteiger partial charge in [0.1, 0.15) is 0 Å². The van der Waals surface area contributed by atoms with Crippen molar-refractivity contribution in [1.29, 1.82) is 0 Å². The molecule has 0 amide bonds. The van der Waals surface area contributed by atoms with Gasteiger partial charge >= 0.3 is 0 Å². The third-order valence-corrected chi connectivity index (χ3v) is 4.62. The summed E-state index contributed by atoms with van der Waals surface area (Å²) >= 11 is 3.78. The molecule has 2 nitrogen and oxygen atoms in total. The number of hydrogen-bond donors (Lipinski definition) is 0. The summed E-state index contributed by atoms with van der Waals surface area (Å²) in [5, 5.41) is -0.278. The van der Waals surface area contributed by atoms with Gasteiger partial charge in [-0.05, 0) is 18.6 Å². The van der Waals surface area contributed by atoms with E-state index in [2.05, 4.69) is 0 Å². The van der Waals surface area contributed by atoms with E-state index in [0.717, 1.165) is 25.4 Å². The van der Waals surface area contributed by atoms with Crippen LogP contribution in [0.3, 0.4) is 0 Å². The molecule has 1 spiro atoms. The van der Waals surface area contributed by atoms with E-state index in [1.807, 2.05) is 23.5 Å². The minimum Gasteiger partial charge on any atom is -0.341 e. The molecule has 0 aromatic rings. The van der Waals surface area contributed by atoms with Crippen LogP contribution in [0.5, 0.6) is 0 Å². The molecule has 0 saturated carbocycles. The van der Waals surface area contributed by atoms with E-state index < -0.39 is 0 Å². The second-order valence-electron chi connectivity index (χ2n) is 2.99. The molecular formula is C8H14O2S2. The first-order chi connectivity index (χ1) is 5.91. The van der Waals surface area contributed by atoms with Crippen LogP contribution in [-0.2, 0) is 9.47 Å². The van der Waals surface area contributed by atoms with E-state index in [1.54, 1.807) is 0 Å². The van der Waals surface area contributed by atoms with Crippen molar-refractivity contribution >= 4 is 23.5 Å². The van der Waals surface area contributed by atoms with Crippen molar-refractivity contribution in [2.24, 2.45) is 0 Å². The number of hydrogen-bond acceptors (Lipinski definition) is 4. The normalized spacial score (nSPS) is 38.0. The quantitative estimate of drug-likeness (QED) is 0.603. The summed E-state index contributed by atoms with van der Waals surface area (Å²) in [6.45, 7) is 1.73. The molecule has 0 aliphatic carbocycles. The molecule has 0 aromatic heterocycles. The van der Waals surface area contributed by atoms with Crippen molar-refractivity contribution in [2.45, 2.75) is 18.0 Å². The fourth-order valence-electron chi connectivity index (χ4n) is 1.35. The molecule has 4 heteroatoms. The van der Waals surface area contributed by atoms with Gasteiger partial charge in [-0.15, -0.1) is 0 Å². The summed E-state index contributed by atoms with van der Waals surface area (Å²) in [7, 11) is 0. The number of thioether (sulfide) groups is 2. The first-order valence-corrected chi connectivity index (χ1v) is 6.55. The molecule has 2 aliphatic heterocycles. The Morgan fingerprint density at radius 2 is 1.75 bits per heavy atom. The van der Waals surface area contributed by atoms with Gasteiger partial charge in [-0.2, -0.15) is 11.8 Å². The summed E-state index contributed by atoms with van der Waals surface area (Å²) < 4.78 is 11.5. The molecular weight excluding hydrogens is 192 g/mol. The lowest BCUT2D eigenvalue weighted by Gasteiger charge is -2.34. The second-order valence-corrected chi connectivity index (χ2v) is 5.41. The Balaban J connectivity index is 1.95. The highest BCUT2D eigenvalue weighted by Crippen LogP contribution is 2.37. The highest BCUT2D eigenvalue weighted by molar-refractivity contribution is 8.03. The highest BCUT2D eigenvalue weighted by atomic mass is 32.2. The van der Waals surface area contributed by atoms with Crippen LogP contribution in [-0.4, -0.2) is 35.6 Å². The molecule has 0 N–H and O–H groups in total. The molecule has 0 bridgehead atoms. The maximum atomic E-state index is 5.75. The van der Waals surface area contributed by atoms with E-state index in [4.69, 9.17) is 9.47 Å². The van der Waals surface area contributed by atoms with Crippen molar-refractivity contribution in [3.63, 3.8) is 0 Å². The molecule has 70 valence electrons. The van der Waals surface area contributed by atoms with Crippen molar-refractivity contribution in [3.05, 3.63) is 0 Å². The molecule has 2 saturated heterocycles. The van der Waals surface area contributed by atoms with Crippen molar-refractivity contribution < 1.29 is 9.47 Å². The fraction of sp³-hybridized carbons (Fsp3) is 1.00. The summed E-state index contributed by atoms with van der Waals surface area (Å²) in [6.07, 6.45) is 2.33. The first-order valence-electron chi connectivity index (χ1n) is 4.41. The Hall–Kier alpha value is 0.620. The lowest BCUT2D eigenvalue weighted by molar-refractivity contribution is -0.158. The maximum Gasteiger partial charge on any atom is 0.227 e. The lowest BCUT2D eigenvalue weighted by Crippen LogP contribution is -2.38. The zero-order chi connectivity index (χ0) is 8.28. The van der Waals surface area contributed by atoms with Crippen molar-refractivity contribution in [2.75, 3.05) is 30.5 Å². The summed E-state index contributed by atoms with van der Waals surface area (Å²) in [5.74, 6) is 3.39. The van der Waals surface area contributed by atoms with Gasteiger partial charge in [0.15, 0.2) is 0 Å². The van der Waals surface area contributed by atoms with E-state index in [9.17, 15) is 0 Å². The molecule has 2 heterocycles. The highest BCUT2D eigenvalue weighted by Gasteiger charge is 2.36. The van der Waals surface area contributed by atoms with Gasteiger partial charge in [0, 0.05) is 5.75 Å². The molecule has 0 aromatic carbocycles. The minimum atomic E-state index is -0.278. The van der Waals surface area contributed by atoms with Crippen LogP contribution >= 0.6 is 23.5 Å². The van der Waals surface area contributed by atoms with Crippen LogP contribution in [0.1, 0.15) is 12.8 Å². The van der Waals surface area contributed by atoms with Crippen LogP contribution in [0.4, 0.5) is 0 Å². The van der Waals surface area contributed by atoms with Gasteiger partial charge in [-0.1, -0.05) is 11.8 Å². The molecule has 2 rings (SSSR count). The predicted octanol–water partition coefficient (Wildman–Crippen LogP) is 1.95. The van der Waals surface area contributed by atoms with Gasteiger partial charge < -0.3 is 9.47 Å².